The number of fused-ring (bicyclic) bond motifs is 1. The number of carbonyl (C=O) groups excluding carboxylic acids is 1. The smallest absolute Gasteiger partial charge is 0.326 e. The summed E-state index contributed by atoms with van der Waals surface area (Å²) in [5.41, 5.74) is 2.54. The Morgan fingerprint density at radius 3 is 2.89 bits per heavy atom. The third-order valence-electron chi connectivity index (χ3n) is 3.08. The SMILES string of the molecule is CCC(NC(=O)c1cccc2c1C=CC2)C(=O)O. The molecule has 0 spiro atoms. The van der Waals surface area contributed by atoms with Gasteiger partial charge in [-0.2, -0.15) is 0 Å². The number of aliphatic carboxylic acids is 1. The number of carboxylic acid groups (broad SMARTS) is 1. The number of hydrogen-bond donors (Lipinski definition) is 2. The summed E-state index contributed by atoms with van der Waals surface area (Å²) in [6.07, 6.45) is 5.10. The average molecular weight is 245 g/mol. The lowest BCUT2D eigenvalue weighted by Gasteiger charge is -2.13. The first-order chi connectivity index (χ1) is 8.63. The lowest BCUT2D eigenvalue weighted by molar-refractivity contribution is -0.139. The van der Waals surface area contributed by atoms with Crippen LogP contribution >= 0.6 is 0 Å². The fourth-order valence-corrected chi connectivity index (χ4v) is 2.06. The average Bonchev–Trinajstić information content (AvgIpc) is 2.82. The third-order valence-corrected chi connectivity index (χ3v) is 3.08. The van der Waals surface area contributed by atoms with Gasteiger partial charge in [-0.3, -0.25) is 4.79 Å². The molecule has 0 saturated heterocycles. The Morgan fingerprint density at radius 1 is 1.44 bits per heavy atom. The molecule has 2 N–H and O–H groups in total. The van der Waals surface area contributed by atoms with Gasteiger partial charge in [0.2, 0.25) is 0 Å². The van der Waals surface area contributed by atoms with E-state index in [1.165, 1.54) is 0 Å². The molecule has 1 aromatic carbocycles. The van der Waals surface area contributed by atoms with Gasteiger partial charge < -0.3 is 10.4 Å². The fraction of sp³-hybridized carbons (Fsp3) is 0.286. The standard InChI is InChI=1S/C14H15NO3/c1-2-12(14(17)18)15-13(16)11-8-4-6-9-5-3-7-10(9)11/h3-4,6-8,12H,2,5H2,1H3,(H,15,16)(H,17,18). The van der Waals surface area contributed by atoms with Crippen LogP contribution < -0.4 is 5.32 Å². The van der Waals surface area contributed by atoms with Crippen molar-refractivity contribution in [3.05, 3.63) is 41.0 Å². The zero-order valence-corrected chi connectivity index (χ0v) is 10.1. The van der Waals surface area contributed by atoms with Gasteiger partial charge in [-0.1, -0.05) is 31.2 Å². The molecule has 1 aromatic rings. The minimum absolute atomic E-state index is 0.326. The van der Waals surface area contributed by atoms with E-state index in [4.69, 9.17) is 5.11 Å². The summed E-state index contributed by atoms with van der Waals surface area (Å²) in [6, 6.07) is 4.68. The van der Waals surface area contributed by atoms with Crippen molar-refractivity contribution in [2.45, 2.75) is 25.8 Å². The molecule has 1 unspecified atom stereocenters. The van der Waals surface area contributed by atoms with Crippen LogP contribution in [0.3, 0.4) is 0 Å². The van der Waals surface area contributed by atoms with E-state index in [1.54, 1.807) is 13.0 Å². The van der Waals surface area contributed by atoms with Crippen molar-refractivity contribution >= 4 is 18.0 Å². The first kappa shape index (κ1) is 12.4. The second-order valence-electron chi connectivity index (χ2n) is 4.26. The van der Waals surface area contributed by atoms with E-state index in [2.05, 4.69) is 5.32 Å². The number of hydrogen-bond acceptors (Lipinski definition) is 2. The molecule has 1 amide bonds. The van der Waals surface area contributed by atoms with Gasteiger partial charge in [0.15, 0.2) is 0 Å². The van der Waals surface area contributed by atoms with Gasteiger partial charge >= 0.3 is 5.97 Å². The summed E-state index contributed by atoms with van der Waals surface area (Å²) in [7, 11) is 0. The highest BCUT2D eigenvalue weighted by molar-refractivity contribution is 6.00. The molecular weight excluding hydrogens is 230 g/mol. The van der Waals surface area contributed by atoms with Crippen LogP contribution in [0.2, 0.25) is 0 Å². The summed E-state index contributed by atoms with van der Waals surface area (Å²) in [6.45, 7) is 1.73. The molecule has 94 valence electrons. The Balaban J connectivity index is 2.22. The second-order valence-corrected chi connectivity index (χ2v) is 4.26. The van der Waals surface area contributed by atoms with Gasteiger partial charge in [-0.05, 0) is 30.0 Å². The molecule has 0 aromatic heterocycles. The van der Waals surface area contributed by atoms with Crippen LogP contribution in [0, 0.1) is 0 Å². The normalized spacial score (nSPS) is 14.1. The highest BCUT2D eigenvalue weighted by Crippen LogP contribution is 2.23. The lowest BCUT2D eigenvalue weighted by atomic mass is 10.0. The van der Waals surface area contributed by atoms with E-state index in [0.717, 1.165) is 17.5 Å². The largest absolute Gasteiger partial charge is 0.480 e. The van der Waals surface area contributed by atoms with Gasteiger partial charge in [0, 0.05) is 5.56 Å². The van der Waals surface area contributed by atoms with Crippen LogP contribution in [-0.4, -0.2) is 23.0 Å². The highest BCUT2D eigenvalue weighted by Gasteiger charge is 2.21. The molecule has 1 aliphatic rings. The number of carbonyl (C=O) groups is 2. The molecule has 4 nitrogen and oxygen atoms in total. The summed E-state index contributed by atoms with van der Waals surface area (Å²) >= 11 is 0. The first-order valence-corrected chi connectivity index (χ1v) is 5.95. The van der Waals surface area contributed by atoms with Crippen molar-refractivity contribution < 1.29 is 14.7 Å². The molecule has 4 heteroatoms. The molecule has 0 radical (unpaired) electrons. The third kappa shape index (κ3) is 2.27. The van der Waals surface area contributed by atoms with Crippen LogP contribution in [0.15, 0.2) is 24.3 Å². The lowest BCUT2D eigenvalue weighted by Crippen LogP contribution is -2.40. The Kier molecular flexibility index (Phi) is 3.46. The molecule has 18 heavy (non-hydrogen) atoms. The summed E-state index contributed by atoms with van der Waals surface area (Å²) < 4.78 is 0. The van der Waals surface area contributed by atoms with Crippen LogP contribution in [0.1, 0.15) is 34.8 Å². The predicted octanol–water partition coefficient (Wildman–Crippen LogP) is 1.85. The van der Waals surface area contributed by atoms with Crippen molar-refractivity contribution in [2.24, 2.45) is 0 Å². The van der Waals surface area contributed by atoms with Crippen molar-refractivity contribution in [3.63, 3.8) is 0 Å². The number of nitrogens with one attached hydrogen (secondary N) is 1. The van der Waals surface area contributed by atoms with E-state index in [-0.39, 0.29) is 5.91 Å². The zero-order chi connectivity index (χ0) is 13.1. The van der Waals surface area contributed by atoms with E-state index in [9.17, 15) is 9.59 Å². The van der Waals surface area contributed by atoms with Gasteiger partial charge in [0.25, 0.3) is 5.91 Å². The van der Waals surface area contributed by atoms with Gasteiger partial charge in [0.1, 0.15) is 6.04 Å². The van der Waals surface area contributed by atoms with Gasteiger partial charge in [-0.15, -0.1) is 0 Å². The van der Waals surface area contributed by atoms with E-state index in [0.29, 0.717) is 12.0 Å². The zero-order valence-electron chi connectivity index (χ0n) is 10.1. The van der Waals surface area contributed by atoms with E-state index >= 15 is 0 Å². The quantitative estimate of drug-likeness (QED) is 0.850. The van der Waals surface area contributed by atoms with Crippen LogP contribution in [0.5, 0.6) is 0 Å². The molecule has 0 aliphatic heterocycles. The van der Waals surface area contributed by atoms with E-state index in [1.807, 2.05) is 24.3 Å². The Labute approximate surface area is 105 Å². The molecule has 1 aliphatic carbocycles. The van der Waals surface area contributed by atoms with Crippen LogP contribution in [0.4, 0.5) is 0 Å². The number of benzene rings is 1. The molecule has 0 bridgehead atoms. The maximum absolute atomic E-state index is 12.1. The Hall–Kier alpha value is -2.10. The monoisotopic (exact) mass is 245 g/mol. The summed E-state index contributed by atoms with van der Waals surface area (Å²) in [4.78, 5) is 23.0. The molecule has 0 saturated carbocycles. The maximum Gasteiger partial charge on any atom is 0.326 e. The van der Waals surface area contributed by atoms with Gasteiger partial charge in [-0.25, -0.2) is 4.79 Å². The molecule has 0 fully saturated rings. The maximum atomic E-state index is 12.1. The molecule has 0 heterocycles. The molecular formula is C14H15NO3. The topological polar surface area (TPSA) is 66.4 Å². The number of allylic oxidation sites excluding steroid dienone is 1. The fourth-order valence-electron chi connectivity index (χ4n) is 2.06. The van der Waals surface area contributed by atoms with Crippen molar-refractivity contribution in [1.29, 1.82) is 0 Å². The Morgan fingerprint density at radius 2 is 2.22 bits per heavy atom. The summed E-state index contributed by atoms with van der Waals surface area (Å²) in [5, 5.41) is 11.5. The minimum Gasteiger partial charge on any atom is -0.480 e. The Bertz CT molecular complexity index is 520. The highest BCUT2D eigenvalue weighted by atomic mass is 16.4. The number of carboxylic acids is 1. The first-order valence-electron chi connectivity index (χ1n) is 5.95. The number of amides is 1. The number of rotatable bonds is 4. The molecule has 2 rings (SSSR count). The predicted molar refractivity (Wildman–Crippen MR) is 68.4 cm³/mol. The van der Waals surface area contributed by atoms with Crippen molar-refractivity contribution in [1.82, 2.24) is 5.32 Å². The van der Waals surface area contributed by atoms with Crippen LogP contribution in [-0.2, 0) is 11.2 Å². The van der Waals surface area contributed by atoms with Crippen LogP contribution in [0.25, 0.3) is 6.08 Å². The van der Waals surface area contributed by atoms with Gasteiger partial charge in [0.05, 0.1) is 0 Å². The minimum atomic E-state index is -1.01. The molecule has 1 atom stereocenters. The van der Waals surface area contributed by atoms with Crippen molar-refractivity contribution in [3.8, 4) is 0 Å². The van der Waals surface area contributed by atoms with E-state index < -0.39 is 12.0 Å². The second kappa shape index (κ2) is 5.04. The van der Waals surface area contributed by atoms with Crippen molar-refractivity contribution in [2.75, 3.05) is 0 Å². The summed E-state index contributed by atoms with van der Waals surface area (Å²) in [5.74, 6) is -1.33.